The molecule has 3 aromatic carbocycles. The predicted octanol–water partition coefficient (Wildman–Crippen LogP) is 5.14. The molecule has 0 saturated carbocycles. The number of hydrogen-bond acceptors (Lipinski definition) is 1. The van der Waals surface area contributed by atoms with E-state index in [1.54, 1.807) is 12.1 Å². The zero-order chi connectivity index (χ0) is 20.0. The van der Waals surface area contributed by atoms with Crippen LogP contribution in [0.15, 0.2) is 48.5 Å². The van der Waals surface area contributed by atoms with Gasteiger partial charge in [-0.3, -0.25) is 4.79 Å². The van der Waals surface area contributed by atoms with E-state index in [1.165, 1.54) is 6.07 Å². The van der Waals surface area contributed by atoms with E-state index in [4.69, 9.17) is 5.73 Å². The largest absolute Gasteiger partial charge is 0.366 e. The lowest BCUT2D eigenvalue weighted by atomic mass is 10.00. The third kappa shape index (κ3) is 2.93. The second kappa shape index (κ2) is 6.75. The van der Waals surface area contributed by atoms with Crippen molar-refractivity contribution < 1.29 is 13.6 Å². The van der Waals surface area contributed by atoms with Gasteiger partial charge in [-0.1, -0.05) is 26.0 Å². The van der Waals surface area contributed by atoms with Gasteiger partial charge in [0.1, 0.15) is 11.6 Å². The molecule has 0 aliphatic rings. The van der Waals surface area contributed by atoms with Crippen molar-refractivity contribution in [3.05, 3.63) is 82.9 Å². The molecule has 0 spiro atoms. The van der Waals surface area contributed by atoms with E-state index in [0.29, 0.717) is 10.9 Å². The number of nitrogens with two attached hydrogens (primary N) is 1. The van der Waals surface area contributed by atoms with E-state index in [9.17, 15) is 13.6 Å². The van der Waals surface area contributed by atoms with Gasteiger partial charge < -0.3 is 10.3 Å². The van der Waals surface area contributed by atoms with Crippen molar-refractivity contribution in [3.8, 4) is 0 Å². The Bertz CT molecular complexity index is 1220. The summed E-state index contributed by atoms with van der Waals surface area (Å²) in [4.78, 5) is 12.0. The highest BCUT2D eigenvalue weighted by atomic mass is 19.1. The molecule has 28 heavy (non-hydrogen) atoms. The second-order valence-electron chi connectivity index (χ2n) is 7.23. The molecule has 0 aliphatic heterocycles. The van der Waals surface area contributed by atoms with Crippen LogP contribution in [0, 0.1) is 17.7 Å². The Morgan fingerprint density at radius 1 is 1.14 bits per heavy atom. The summed E-state index contributed by atoms with van der Waals surface area (Å²) in [6, 6.07) is 15.9. The first-order valence-electron chi connectivity index (χ1n) is 9.07. The minimum absolute atomic E-state index is 0.126. The molecule has 141 valence electrons. The van der Waals surface area contributed by atoms with Gasteiger partial charge in [-0.2, -0.15) is 0 Å². The molecule has 0 unspecified atom stereocenters. The van der Waals surface area contributed by atoms with E-state index >= 15 is 0 Å². The quantitative estimate of drug-likeness (QED) is 0.526. The Balaban J connectivity index is 2.06. The van der Waals surface area contributed by atoms with Gasteiger partial charge in [-0.25, -0.2) is 8.78 Å². The number of nitrogens with zero attached hydrogens (tertiary/aromatic N) is 1. The molecule has 0 fully saturated rings. The van der Waals surface area contributed by atoms with Gasteiger partial charge in [0.25, 0.3) is 0 Å². The minimum atomic E-state index is -0.539. The number of fused-ring (bicyclic) bond motifs is 3. The van der Waals surface area contributed by atoms with Crippen LogP contribution in [0.5, 0.6) is 0 Å². The molecular formula is C23H19F2N2O. The number of carbonyl (C=O) groups is 1. The molecule has 0 saturated heterocycles. The first kappa shape index (κ1) is 18.2. The highest BCUT2D eigenvalue weighted by Crippen LogP contribution is 2.34. The van der Waals surface area contributed by atoms with E-state index < -0.39 is 17.5 Å². The Morgan fingerprint density at radius 2 is 1.93 bits per heavy atom. The molecule has 2 N–H and O–H groups in total. The molecule has 0 aliphatic carbocycles. The summed E-state index contributed by atoms with van der Waals surface area (Å²) in [6.07, 6.45) is 0. The lowest BCUT2D eigenvalue weighted by Crippen LogP contribution is -2.11. The Hall–Kier alpha value is -3.21. The minimum Gasteiger partial charge on any atom is -0.366 e. The van der Waals surface area contributed by atoms with Crippen molar-refractivity contribution in [2.75, 3.05) is 0 Å². The molecule has 4 aromatic rings. The summed E-state index contributed by atoms with van der Waals surface area (Å²) in [7, 11) is 0. The summed E-state index contributed by atoms with van der Waals surface area (Å²) in [5.41, 5.74) is 8.80. The topological polar surface area (TPSA) is 48.0 Å². The number of aromatic nitrogens is 1. The summed E-state index contributed by atoms with van der Waals surface area (Å²) in [6.45, 7) is 4.27. The number of benzene rings is 3. The normalized spacial score (nSPS) is 11.6. The van der Waals surface area contributed by atoms with Crippen LogP contribution in [0.3, 0.4) is 0 Å². The third-order valence-corrected chi connectivity index (χ3v) is 5.09. The van der Waals surface area contributed by atoms with E-state index in [-0.39, 0.29) is 18.0 Å². The summed E-state index contributed by atoms with van der Waals surface area (Å²) in [5, 5.41) is 1.42. The van der Waals surface area contributed by atoms with Gasteiger partial charge in [-0.05, 0) is 53.9 Å². The third-order valence-electron chi connectivity index (χ3n) is 5.09. The molecule has 1 amide bonds. The van der Waals surface area contributed by atoms with Crippen molar-refractivity contribution in [1.82, 2.24) is 4.57 Å². The average molecular weight is 377 g/mol. The van der Waals surface area contributed by atoms with Crippen molar-refractivity contribution in [2.45, 2.75) is 26.3 Å². The smallest absolute Gasteiger partial charge is 0.249 e. The van der Waals surface area contributed by atoms with Gasteiger partial charge in [-0.15, -0.1) is 0 Å². The van der Waals surface area contributed by atoms with Crippen LogP contribution in [0.2, 0.25) is 0 Å². The molecule has 0 atom stereocenters. The summed E-state index contributed by atoms with van der Waals surface area (Å²) >= 11 is 0. The Labute approximate surface area is 161 Å². The Kier molecular flexibility index (Phi) is 4.38. The van der Waals surface area contributed by atoms with E-state index in [2.05, 4.69) is 19.9 Å². The lowest BCUT2D eigenvalue weighted by Gasteiger charge is -2.11. The summed E-state index contributed by atoms with van der Waals surface area (Å²) < 4.78 is 29.9. The molecule has 1 radical (unpaired) electrons. The standard InChI is InChI=1S/C23H19F2N2O/c1-13(2)14-6-8-17-21(11-14)27(12-15-10-16(24)7-9-19(15)25)20-5-3-4-18(22(17)20)23(26)28/h3-7,9-11,13H,12H2,1-2H3,(H2,26,28). The maximum atomic E-state index is 14.3. The first-order valence-corrected chi connectivity index (χ1v) is 9.07. The molecule has 3 nitrogen and oxygen atoms in total. The van der Waals surface area contributed by atoms with Crippen LogP contribution in [0.1, 0.15) is 41.3 Å². The highest BCUT2D eigenvalue weighted by molar-refractivity contribution is 6.17. The van der Waals surface area contributed by atoms with Crippen LogP contribution in [-0.2, 0) is 6.54 Å². The highest BCUT2D eigenvalue weighted by Gasteiger charge is 2.18. The van der Waals surface area contributed by atoms with Crippen LogP contribution in [0.25, 0.3) is 21.8 Å². The predicted molar refractivity (Wildman–Crippen MR) is 106 cm³/mol. The van der Waals surface area contributed by atoms with Gasteiger partial charge in [0, 0.05) is 21.9 Å². The number of rotatable bonds is 4. The van der Waals surface area contributed by atoms with Crippen molar-refractivity contribution in [2.24, 2.45) is 5.73 Å². The number of carbonyl (C=O) groups excluding carboxylic acids is 1. The van der Waals surface area contributed by atoms with Gasteiger partial charge in [0.15, 0.2) is 0 Å². The molecule has 1 heterocycles. The first-order chi connectivity index (χ1) is 13.4. The van der Waals surface area contributed by atoms with Gasteiger partial charge >= 0.3 is 0 Å². The van der Waals surface area contributed by atoms with Gasteiger partial charge in [0.05, 0.1) is 17.6 Å². The molecular weight excluding hydrogens is 358 g/mol. The number of halogens is 2. The number of hydrogen-bond donors (Lipinski definition) is 1. The van der Waals surface area contributed by atoms with Crippen molar-refractivity contribution in [3.63, 3.8) is 0 Å². The number of primary amides is 1. The maximum absolute atomic E-state index is 14.3. The van der Waals surface area contributed by atoms with E-state index in [0.717, 1.165) is 34.1 Å². The zero-order valence-electron chi connectivity index (χ0n) is 15.6. The average Bonchev–Trinajstić information content (AvgIpc) is 2.98. The molecule has 5 heteroatoms. The van der Waals surface area contributed by atoms with Crippen molar-refractivity contribution >= 4 is 27.7 Å². The molecule has 4 rings (SSSR count). The fourth-order valence-corrected chi connectivity index (χ4v) is 3.62. The Morgan fingerprint density at radius 3 is 2.64 bits per heavy atom. The SMILES string of the molecule is CC(C)c1c[c]c2c3c(C(N)=O)cccc3n(Cc3cc(F)ccc3F)c2c1. The summed E-state index contributed by atoms with van der Waals surface area (Å²) in [5.74, 6) is -1.24. The fraction of sp³-hybridized carbons (Fsp3) is 0.174. The monoisotopic (exact) mass is 377 g/mol. The molecule has 0 bridgehead atoms. The van der Waals surface area contributed by atoms with Crippen LogP contribution in [-0.4, -0.2) is 10.5 Å². The van der Waals surface area contributed by atoms with E-state index in [1.807, 2.05) is 22.8 Å². The second-order valence-corrected chi connectivity index (χ2v) is 7.23. The fourth-order valence-electron chi connectivity index (χ4n) is 3.62. The van der Waals surface area contributed by atoms with Crippen LogP contribution in [0.4, 0.5) is 8.78 Å². The lowest BCUT2D eigenvalue weighted by molar-refractivity contribution is 0.100. The van der Waals surface area contributed by atoms with Crippen LogP contribution < -0.4 is 5.73 Å². The van der Waals surface area contributed by atoms with Gasteiger partial charge in [0.2, 0.25) is 5.91 Å². The van der Waals surface area contributed by atoms with Crippen LogP contribution >= 0.6 is 0 Å². The van der Waals surface area contributed by atoms with Crippen molar-refractivity contribution in [1.29, 1.82) is 0 Å². The number of amides is 1. The zero-order valence-corrected chi connectivity index (χ0v) is 15.6. The maximum Gasteiger partial charge on any atom is 0.249 e. The molecule has 1 aromatic heterocycles.